The van der Waals surface area contributed by atoms with Crippen molar-refractivity contribution in [1.82, 2.24) is 9.80 Å². The molecule has 2 heterocycles. The molecule has 0 spiro atoms. The lowest BCUT2D eigenvalue weighted by molar-refractivity contribution is -0.165. The first-order valence-corrected chi connectivity index (χ1v) is 21.9. The van der Waals surface area contributed by atoms with Gasteiger partial charge in [0.25, 0.3) is 0 Å². The molecule has 0 bridgehead atoms. The first kappa shape index (κ1) is 49.8. The number of hydrogen-bond donors (Lipinski definition) is 0. The third-order valence-electron chi connectivity index (χ3n) is 11.7. The Hall–Kier alpha value is -7.22. The maximum atomic E-state index is 14.3. The zero-order chi connectivity index (χ0) is 47.9. The van der Waals surface area contributed by atoms with Gasteiger partial charge in [-0.05, 0) is 48.9 Å². The Labute approximate surface area is 384 Å². The van der Waals surface area contributed by atoms with Crippen LogP contribution in [0.1, 0.15) is 62.3 Å². The summed E-state index contributed by atoms with van der Waals surface area (Å²) in [7, 11) is 2.71. The molecule has 0 aliphatic carbocycles. The number of ketones is 2. The molecule has 14 nitrogen and oxygen atoms in total. The molecule has 2 fully saturated rings. The van der Waals surface area contributed by atoms with E-state index in [9.17, 15) is 38.4 Å². The zero-order valence-corrected chi connectivity index (χ0v) is 37.9. The van der Waals surface area contributed by atoms with Crippen LogP contribution in [0, 0.1) is 11.3 Å². The summed E-state index contributed by atoms with van der Waals surface area (Å²) < 4.78 is 21.2. The summed E-state index contributed by atoms with van der Waals surface area (Å²) in [6, 6.07) is 35.6. The highest BCUT2D eigenvalue weighted by Gasteiger charge is 2.73. The number of amides is 2. The Kier molecular flexibility index (Phi) is 17.1. The van der Waals surface area contributed by atoms with Crippen LogP contribution in [0.25, 0.3) is 0 Å². The highest BCUT2D eigenvalue weighted by molar-refractivity contribution is 6.34. The van der Waals surface area contributed by atoms with Crippen molar-refractivity contribution in [2.24, 2.45) is 11.3 Å². The van der Waals surface area contributed by atoms with Crippen LogP contribution in [0.4, 0.5) is 0 Å². The molecule has 0 aromatic heterocycles. The molecule has 2 saturated heterocycles. The number of likely N-dealkylation sites (N-methyl/N-ethyl adjacent to an activating group) is 2. The number of ether oxygens (including phenoxy) is 4. The molecule has 346 valence electrons. The molecular formula is C52H56N2O12. The van der Waals surface area contributed by atoms with Crippen molar-refractivity contribution in [2.45, 2.75) is 77.2 Å². The summed E-state index contributed by atoms with van der Waals surface area (Å²) in [4.78, 5) is 109. The number of carbonyl (C=O) groups is 8. The lowest BCUT2D eigenvalue weighted by atomic mass is 9.74. The highest BCUT2D eigenvalue weighted by Crippen LogP contribution is 2.45. The van der Waals surface area contributed by atoms with Gasteiger partial charge in [0, 0.05) is 26.9 Å². The molecule has 4 aromatic carbocycles. The van der Waals surface area contributed by atoms with E-state index in [1.807, 2.05) is 31.2 Å². The number of carbonyl (C=O) groups excluding carboxylic acids is 8. The first-order valence-electron chi connectivity index (χ1n) is 21.9. The minimum absolute atomic E-state index is 0.0204. The van der Waals surface area contributed by atoms with Gasteiger partial charge in [0.05, 0.1) is 13.2 Å². The summed E-state index contributed by atoms with van der Waals surface area (Å²) in [5.74, 6) is -8.53. The predicted molar refractivity (Wildman–Crippen MR) is 242 cm³/mol. The van der Waals surface area contributed by atoms with Crippen molar-refractivity contribution >= 4 is 47.3 Å². The minimum Gasteiger partial charge on any atom is -0.464 e. The van der Waals surface area contributed by atoms with Crippen molar-refractivity contribution < 1.29 is 57.3 Å². The summed E-state index contributed by atoms with van der Waals surface area (Å²) in [5.41, 5.74) is -3.32. The van der Waals surface area contributed by atoms with Crippen LogP contribution in [-0.2, 0) is 83.4 Å². The SMILES string of the molecule is CCC/C=C/CC1(C(=O)OCc2ccccc2)C(=O)N(C)C(Cc2ccccc2)(C(=O)OCC)C1=O.CCOC(=O)C1(Cc2ccccc2)C(=O)C(C(=O)OCc2ccccc2)C(=O)N1C. The van der Waals surface area contributed by atoms with Gasteiger partial charge in [-0.1, -0.05) is 147 Å². The van der Waals surface area contributed by atoms with Gasteiger partial charge in [-0.2, -0.15) is 0 Å². The van der Waals surface area contributed by atoms with E-state index in [0.29, 0.717) is 11.1 Å². The highest BCUT2D eigenvalue weighted by atomic mass is 16.6. The number of unbranched alkanes of at least 4 members (excludes halogenated alkanes) is 1. The van der Waals surface area contributed by atoms with Crippen LogP contribution >= 0.6 is 0 Å². The van der Waals surface area contributed by atoms with Crippen LogP contribution < -0.4 is 0 Å². The fourth-order valence-corrected chi connectivity index (χ4v) is 8.11. The van der Waals surface area contributed by atoms with Gasteiger partial charge < -0.3 is 28.7 Å². The maximum absolute atomic E-state index is 14.3. The number of benzene rings is 4. The van der Waals surface area contributed by atoms with E-state index < -0.39 is 69.7 Å². The molecule has 4 aromatic rings. The normalized spacial score (nSPS) is 21.3. The summed E-state index contributed by atoms with van der Waals surface area (Å²) in [6.45, 7) is 5.12. The van der Waals surface area contributed by atoms with Gasteiger partial charge in [0.1, 0.15) is 13.2 Å². The van der Waals surface area contributed by atoms with Crippen molar-refractivity contribution in [3.05, 3.63) is 156 Å². The molecule has 6 rings (SSSR count). The minimum atomic E-state index is -2.19. The van der Waals surface area contributed by atoms with E-state index in [2.05, 4.69) is 0 Å². The van der Waals surface area contributed by atoms with E-state index in [1.54, 1.807) is 123 Å². The van der Waals surface area contributed by atoms with Gasteiger partial charge in [0.2, 0.25) is 28.3 Å². The topological polar surface area (TPSA) is 180 Å². The number of hydrogen-bond acceptors (Lipinski definition) is 12. The van der Waals surface area contributed by atoms with E-state index in [1.165, 1.54) is 14.1 Å². The second-order valence-corrected chi connectivity index (χ2v) is 15.9. The Bertz CT molecular complexity index is 2390. The molecule has 0 radical (unpaired) electrons. The maximum Gasteiger partial charge on any atom is 0.340 e. The molecule has 4 atom stereocenters. The Morgan fingerprint density at radius 1 is 0.545 bits per heavy atom. The fraction of sp³-hybridized carbons (Fsp3) is 0.346. The number of likely N-dealkylation sites (tertiary alicyclic amines) is 2. The molecule has 66 heavy (non-hydrogen) atoms. The van der Waals surface area contributed by atoms with E-state index in [4.69, 9.17) is 18.9 Å². The summed E-state index contributed by atoms with van der Waals surface area (Å²) in [5, 5.41) is 0. The number of Topliss-reactive ketones (excluding diaryl/α,β-unsaturated/α-hetero) is 2. The molecule has 2 amide bonds. The van der Waals surface area contributed by atoms with Crippen molar-refractivity contribution in [3.8, 4) is 0 Å². The standard InChI is InChI=1S/C29H33NO6.C23H23NO6/c1-4-6-7-14-19-28(26(33)36-21-23-17-12-9-13-18-23)24(31)29(27(34)35-5-2,30(3)25(28)32)20-22-15-10-8-11-16-22;1-3-29-22(28)23(14-16-10-6-4-7-11-16)19(25)18(20(26)24(23)2)21(27)30-15-17-12-8-5-9-13-17/h7-18H,4-6,19-21H2,1-3H3;4-13,18H,3,14-15H2,1-2H3/b14-7+;. The number of esters is 4. The molecule has 0 saturated carbocycles. The predicted octanol–water partition coefficient (Wildman–Crippen LogP) is 5.98. The average Bonchev–Trinajstić information content (AvgIpc) is 3.62. The van der Waals surface area contributed by atoms with Crippen LogP contribution in [0.15, 0.2) is 133 Å². The van der Waals surface area contributed by atoms with Crippen molar-refractivity contribution in [3.63, 3.8) is 0 Å². The largest absolute Gasteiger partial charge is 0.464 e. The van der Waals surface area contributed by atoms with Gasteiger partial charge in [-0.25, -0.2) is 9.59 Å². The average molecular weight is 901 g/mol. The van der Waals surface area contributed by atoms with Gasteiger partial charge in [-0.3, -0.25) is 28.8 Å². The Morgan fingerprint density at radius 3 is 1.45 bits per heavy atom. The second-order valence-electron chi connectivity index (χ2n) is 15.9. The molecule has 0 N–H and O–H groups in total. The third kappa shape index (κ3) is 10.2. The van der Waals surface area contributed by atoms with Crippen LogP contribution in [0.3, 0.4) is 0 Å². The lowest BCUT2D eigenvalue weighted by Crippen LogP contribution is -2.57. The van der Waals surface area contributed by atoms with Gasteiger partial charge in [-0.15, -0.1) is 0 Å². The molecule has 14 heteroatoms. The van der Waals surface area contributed by atoms with Crippen LogP contribution in [0.5, 0.6) is 0 Å². The van der Waals surface area contributed by atoms with E-state index in [0.717, 1.165) is 33.8 Å². The lowest BCUT2D eigenvalue weighted by Gasteiger charge is -2.32. The number of allylic oxidation sites excluding steroid dienone is 2. The van der Waals surface area contributed by atoms with Crippen molar-refractivity contribution in [1.29, 1.82) is 0 Å². The number of nitrogens with zero attached hydrogens (tertiary/aromatic N) is 2. The molecule has 2 aliphatic heterocycles. The molecular weight excluding hydrogens is 845 g/mol. The third-order valence-corrected chi connectivity index (χ3v) is 11.7. The fourth-order valence-electron chi connectivity index (χ4n) is 8.11. The second kappa shape index (κ2) is 22.6. The van der Waals surface area contributed by atoms with Crippen LogP contribution in [-0.4, -0.2) is 95.4 Å². The monoisotopic (exact) mass is 900 g/mol. The van der Waals surface area contributed by atoms with Gasteiger partial charge in [0.15, 0.2) is 17.5 Å². The van der Waals surface area contributed by atoms with E-state index >= 15 is 0 Å². The quantitative estimate of drug-likeness (QED) is 0.0495. The van der Waals surface area contributed by atoms with Crippen molar-refractivity contribution in [2.75, 3.05) is 27.3 Å². The van der Waals surface area contributed by atoms with E-state index in [-0.39, 0.29) is 45.7 Å². The Morgan fingerprint density at radius 2 is 0.985 bits per heavy atom. The molecule has 4 unspecified atom stereocenters. The Balaban J connectivity index is 0.000000251. The smallest absolute Gasteiger partial charge is 0.340 e. The molecule has 2 aliphatic rings. The summed E-state index contributed by atoms with van der Waals surface area (Å²) in [6.07, 6.45) is 4.68. The summed E-state index contributed by atoms with van der Waals surface area (Å²) >= 11 is 0. The zero-order valence-electron chi connectivity index (χ0n) is 37.9. The van der Waals surface area contributed by atoms with Gasteiger partial charge >= 0.3 is 23.9 Å². The number of rotatable bonds is 18. The first-order chi connectivity index (χ1) is 31.8. The van der Waals surface area contributed by atoms with Crippen LogP contribution in [0.2, 0.25) is 0 Å².